The second-order valence-corrected chi connectivity index (χ2v) is 17.0. The minimum atomic E-state index is 1.07. The van der Waals surface area contributed by atoms with Crippen molar-refractivity contribution < 1.29 is 0 Å². The minimum Gasteiger partial charge on any atom is -0.310 e. The lowest BCUT2D eigenvalue weighted by molar-refractivity contribution is 1.18. The van der Waals surface area contributed by atoms with Crippen molar-refractivity contribution in [2.45, 2.75) is 0 Å². The van der Waals surface area contributed by atoms with Crippen LogP contribution in [0.3, 0.4) is 0 Å². The van der Waals surface area contributed by atoms with E-state index in [9.17, 15) is 0 Å². The average molecular weight is 841 g/mol. The second kappa shape index (κ2) is 16.8. The highest BCUT2D eigenvalue weighted by Gasteiger charge is 2.19. The normalized spacial score (nSPS) is 11.3. The fraction of sp³-hybridized carbons (Fsp3) is 0. The van der Waals surface area contributed by atoms with Gasteiger partial charge in [0.05, 0.1) is 11.0 Å². The molecule has 0 amide bonds. The number of hydrogen-bond donors (Lipinski definition) is 0. The van der Waals surface area contributed by atoms with Gasteiger partial charge in [-0.15, -0.1) is 0 Å². The van der Waals surface area contributed by atoms with E-state index in [1.165, 1.54) is 71.5 Å². The van der Waals surface area contributed by atoms with E-state index >= 15 is 0 Å². The van der Waals surface area contributed by atoms with E-state index in [1.807, 2.05) is 0 Å². The largest absolute Gasteiger partial charge is 0.310 e. The van der Waals surface area contributed by atoms with Crippen LogP contribution < -0.4 is 4.90 Å². The van der Waals surface area contributed by atoms with Crippen LogP contribution in [0.1, 0.15) is 0 Å². The van der Waals surface area contributed by atoms with Crippen LogP contribution >= 0.6 is 0 Å². The van der Waals surface area contributed by atoms with Gasteiger partial charge in [-0.3, -0.25) is 0 Å². The van der Waals surface area contributed by atoms with Crippen LogP contribution in [0.5, 0.6) is 0 Å². The first-order chi connectivity index (χ1) is 32.7. The van der Waals surface area contributed by atoms with Gasteiger partial charge in [0.15, 0.2) is 0 Å². The van der Waals surface area contributed by atoms with Gasteiger partial charge in [0.2, 0.25) is 0 Å². The number of anilines is 3. The van der Waals surface area contributed by atoms with Crippen molar-refractivity contribution in [1.82, 2.24) is 4.57 Å². The Morgan fingerprint density at radius 2 is 0.697 bits per heavy atom. The molecule has 0 saturated heterocycles. The lowest BCUT2D eigenvalue weighted by atomic mass is 9.92. The van der Waals surface area contributed by atoms with Gasteiger partial charge in [-0.25, -0.2) is 0 Å². The Hall–Kier alpha value is -8.72. The summed E-state index contributed by atoms with van der Waals surface area (Å²) >= 11 is 0. The lowest BCUT2D eigenvalue weighted by Crippen LogP contribution is -2.10. The molecule has 1 heterocycles. The smallest absolute Gasteiger partial charge is 0.0541 e. The minimum absolute atomic E-state index is 1.07. The summed E-state index contributed by atoms with van der Waals surface area (Å²) in [6.07, 6.45) is 0. The third-order valence-corrected chi connectivity index (χ3v) is 13.0. The van der Waals surface area contributed by atoms with Gasteiger partial charge in [-0.1, -0.05) is 200 Å². The molecule has 0 N–H and O–H groups in total. The van der Waals surface area contributed by atoms with E-state index in [0.717, 1.165) is 39.4 Å². The van der Waals surface area contributed by atoms with Crippen molar-refractivity contribution in [2.75, 3.05) is 4.90 Å². The van der Waals surface area contributed by atoms with Crippen LogP contribution in [-0.2, 0) is 0 Å². The molecule has 0 atom stereocenters. The van der Waals surface area contributed by atoms with E-state index in [0.29, 0.717) is 0 Å². The molecular weight excluding hydrogens is 797 g/mol. The van der Waals surface area contributed by atoms with Crippen LogP contribution in [0.4, 0.5) is 17.1 Å². The summed E-state index contributed by atoms with van der Waals surface area (Å²) in [5, 5.41) is 4.99. The summed E-state index contributed by atoms with van der Waals surface area (Å²) in [6, 6.07) is 97.0. The first-order valence-corrected chi connectivity index (χ1v) is 22.7. The molecule has 0 radical (unpaired) electrons. The van der Waals surface area contributed by atoms with Crippen molar-refractivity contribution in [3.63, 3.8) is 0 Å². The van der Waals surface area contributed by atoms with Gasteiger partial charge in [-0.05, 0) is 133 Å². The molecule has 66 heavy (non-hydrogen) atoms. The Bertz CT molecular complexity index is 3610. The molecule has 2 nitrogen and oxygen atoms in total. The SMILES string of the molecule is c1ccc(-c2ccc(-c3cc(N(c4ccc(-c5ccccc5)cc4)c4ccc(-c5ccc6ccccc6c5)cc4)ccc3-c3cccc(-n4c5ccccc5c5ccccc54)c3)cc2)cc1. The van der Waals surface area contributed by atoms with E-state index < -0.39 is 0 Å². The molecule has 0 fully saturated rings. The lowest BCUT2D eigenvalue weighted by Gasteiger charge is -2.27. The fourth-order valence-corrected chi connectivity index (χ4v) is 9.70. The number of fused-ring (bicyclic) bond motifs is 4. The number of nitrogens with zero attached hydrogens (tertiary/aromatic N) is 2. The van der Waals surface area contributed by atoms with Crippen molar-refractivity contribution >= 4 is 49.6 Å². The van der Waals surface area contributed by atoms with Gasteiger partial charge in [0, 0.05) is 33.5 Å². The van der Waals surface area contributed by atoms with Crippen LogP contribution in [-0.4, -0.2) is 4.57 Å². The molecule has 0 spiro atoms. The molecule has 11 aromatic carbocycles. The van der Waals surface area contributed by atoms with E-state index in [2.05, 4.69) is 276 Å². The Morgan fingerprint density at radius 1 is 0.242 bits per heavy atom. The molecule has 1 aromatic heterocycles. The molecule has 0 saturated carbocycles. The molecule has 12 aromatic rings. The van der Waals surface area contributed by atoms with Crippen molar-refractivity contribution in [3.8, 4) is 61.3 Å². The number of benzene rings is 11. The maximum atomic E-state index is 2.40. The van der Waals surface area contributed by atoms with Crippen LogP contribution in [0, 0.1) is 0 Å². The quantitative estimate of drug-likeness (QED) is 0.141. The number of aromatic nitrogens is 1. The van der Waals surface area contributed by atoms with Gasteiger partial charge >= 0.3 is 0 Å². The molecular formula is C64H44N2. The maximum Gasteiger partial charge on any atom is 0.0541 e. The Morgan fingerprint density at radius 3 is 1.32 bits per heavy atom. The predicted octanol–water partition coefficient (Wildman–Crippen LogP) is 17.7. The van der Waals surface area contributed by atoms with E-state index in [-0.39, 0.29) is 0 Å². The highest BCUT2D eigenvalue weighted by Crippen LogP contribution is 2.43. The van der Waals surface area contributed by atoms with Crippen molar-refractivity contribution in [2.24, 2.45) is 0 Å². The summed E-state index contributed by atoms with van der Waals surface area (Å²) in [7, 11) is 0. The number of para-hydroxylation sites is 2. The summed E-state index contributed by atoms with van der Waals surface area (Å²) in [4.78, 5) is 2.39. The Kier molecular flexibility index (Phi) is 9.89. The van der Waals surface area contributed by atoms with Crippen LogP contribution in [0.2, 0.25) is 0 Å². The zero-order chi connectivity index (χ0) is 43.8. The third kappa shape index (κ3) is 7.21. The second-order valence-electron chi connectivity index (χ2n) is 17.0. The van der Waals surface area contributed by atoms with Gasteiger partial charge in [0.25, 0.3) is 0 Å². The molecule has 12 rings (SSSR count). The molecule has 0 aliphatic heterocycles. The zero-order valence-corrected chi connectivity index (χ0v) is 36.3. The number of hydrogen-bond acceptors (Lipinski definition) is 1. The van der Waals surface area contributed by atoms with E-state index in [4.69, 9.17) is 0 Å². The maximum absolute atomic E-state index is 2.40. The highest BCUT2D eigenvalue weighted by molar-refractivity contribution is 6.09. The standard InChI is InChI=1S/C64H44N2/c1-3-14-45(15-4-1)48-26-29-51(30-27-48)62-44-58(40-41-59(62)54-20-13-21-57(43-54)66-63-24-11-9-22-60(63)61-23-10-12-25-64(61)66)65(55-36-32-49(33-37-55)46-16-5-2-6-17-46)56-38-34-50(35-39-56)53-31-28-47-18-7-8-19-52(47)42-53/h1-44H. The molecule has 0 bridgehead atoms. The van der Waals surface area contributed by atoms with Gasteiger partial charge < -0.3 is 9.47 Å². The highest BCUT2D eigenvalue weighted by atomic mass is 15.1. The Balaban J connectivity index is 1.01. The summed E-state index contributed by atoms with van der Waals surface area (Å²) in [5.41, 5.74) is 18.6. The Labute approximate surface area is 385 Å². The zero-order valence-electron chi connectivity index (χ0n) is 36.3. The fourth-order valence-electron chi connectivity index (χ4n) is 9.70. The number of rotatable bonds is 9. The van der Waals surface area contributed by atoms with Crippen LogP contribution in [0.25, 0.3) is 93.9 Å². The summed E-state index contributed by atoms with van der Waals surface area (Å²) < 4.78 is 2.40. The predicted molar refractivity (Wildman–Crippen MR) is 280 cm³/mol. The molecule has 310 valence electrons. The molecule has 2 heteroatoms. The van der Waals surface area contributed by atoms with Gasteiger partial charge in [0.1, 0.15) is 0 Å². The van der Waals surface area contributed by atoms with Crippen molar-refractivity contribution in [1.29, 1.82) is 0 Å². The average Bonchev–Trinajstić information content (AvgIpc) is 3.74. The molecule has 0 aliphatic carbocycles. The first-order valence-electron chi connectivity index (χ1n) is 22.7. The van der Waals surface area contributed by atoms with Gasteiger partial charge in [-0.2, -0.15) is 0 Å². The summed E-state index contributed by atoms with van der Waals surface area (Å²) in [5.74, 6) is 0. The van der Waals surface area contributed by atoms with Crippen molar-refractivity contribution in [3.05, 3.63) is 267 Å². The third-order valence-electron chi connectivity index (χ3n) is 13.0. The molecule has 0 aliphatic rings. The molecule has 0 unspecified atom stereocenters. The van der Waals surface area contributed by atoms with E-state index in [1.54, 1.807) is 0 Å². The van der Waals surface area contributed by atoms with Crippen LogP contribution in [0.15, 0.2) is 267 Å². The summed E-state index contributed by atoms with van der Waals surface area (Å²) in [6.45, 7) is 0. The first kappa shape index (κ1) is 38.9. The monoisotopic (exact) mass is 840 g/mol. The topological polar surface area (TPSA) is 8.17 Å².